The van der Waals surface area contributed by atoms with E-state index in [0.29, 0.717) is 11.5 Å². The summed E-state index contributed by atoms with van der Waals surface area (Å²) in [5.74, 6) is -0.705. The summed E-state index contributed by atoms with van der Waals surface area (Å²) in [6.45, 7) is 11.2. The van der Waals surface area contributed by atoms with Crippen LogP contribution in [0.5, 0.6) is 0 Å². The molecule has 1 atom stereocenters. The van der Waals surface area contributed by atoms with Crippen molar-refractivity contribution in [3.63, 3.8) is 0 Å². The zero-order valence-electron chi connectivity index (χ0n) is 22.0. The third kappa shape index (κ3) is 7.70. The number of anilines is 1. The Morgan fingerprint density at radius 1 is 0.833 bits per heavy atom. The van der Waals surface area contributed by atoms with Crippen molar-refractivity contribution in [1.82, 2.24) is 5.32 Å². The second kappa shape index (κ2) is 11.9. The van der Waals surface area contributed by atoms with Crippen molar-refractivity contribution in [3.8, 4) is 11.1 Å². The second-order valence-corrected chi connectivity index (χ2v) is 10.8. The van der Waals surface area contributed by atoms with Crippen LogP contribution in [0.4, 0.5) is 5.69 Å². The minimum atomic E-state index is -0.931. The summed E-state index contributed by atoms with van der Waals surface area (Å²) in [6.07, 6.45) is 0.853. The molecule has 3 aromatic rings. The SMILES string of the molecule is CC(C)CC(Nc1ccc(-c2ccc(C(C)(C)C)cc2)cc1)c1ccc(C(=O)NCCC(=O)O)cc1. The molecule has 0 aromatic heterocycles. The van der Waals surface area contributed by atoms with Gasteiger partial charge in [-0.15, -0.1) is 0 Å². The molecule has 0 aliphatic rings. The van der Waals surface area contributed by atoms with Crippen LogP contribution >= 0.6 is 0 Å². The Morgan fingerprint density at radius 2 is 1.39 bits per heavy atom. The topological polar surface area (TPSA) is 78.4 Å². The van der Waals surface area contributed by atoms with E-state index in [9.17, 15) is 9.59 Å². The molecule has 5 nitrogen and oxygen atoms in total. The van der Waals surface area contributed by atoms with E-state index in [2.05, 4.69) is 93.8 Å². The molecule has 0 spiro atoms. The van der Waals surface area contributed by atoms with Gasteiger partial charge in [-0.3, -0.25) is 9.59 Å². The lowest BCUT2D eigenvalue weighted by Crippen LogP contribution is -2.26. The fourth-order valence-electron chi connectivity index (χ4n) is 4.12. The second-order valence-electron chi connectivity index (χ2n) is 10.8. The highest BCUT2D eigenvalue weighted by atomic mass is 16.4. The molecule has 0 heterocycles. The first kappa shape index (κ1) is 27.0. The highest BCUT2D eigenvalue weighted by molar-refractivity contribution is 5.94. The molecule has 1 unspecified atom stereocenters. The first-order valence-electron chi connectivity index (χ1n) is 12.6. The van der Waals surface area contributed by atoms with Crippen LogP contribution in [0.2, 0.25) is 0 Å². The number of carboxylic acid groups (broad SMARTS) is 1. The molecule has 3 aromatic carbocycles. The number of hydrogen-bond donors (Lipinski definition) is 3. The van der Waals surface area contributed by atoms with Crippen molar-refractivity contribution in [3.05, 3.63) is 89.5 Å². The van der Waals surface area contributed by atoms with Crippen molar-refractivity contribution < 1.29 is 14.7 Å². The van der Waals surface area contributed by atoms with Crippen LogP contribution in [0.3, 0.4) is 0 Å². The van der Waals surface area contributed by atoms with Gasteiger partial charge in [-0.1, -0.05) is 83.1 Å². The van der Waals surface area contributed by atoms with Gasteiger partial charge < -0.3 is 15.7 Å². The van der Waals surface area contributed by atoms with Crippen molar-refractivity contribution in [1.29, 1.82) is 0 Å². The minimum Gasteiger partial charge on any atom is -0.481 e. The van der Waals surface area contributed by atoms with Gasteiger partial charge in [0, 0.05) is 17.8 Å². The van der Waals surface area contributed by atoms with Gasteiger partial charge in [0.2, 0.25) is 0 Å². The number of benzene rings is 3. The van der Waals surface area contributed by atoms with Crippen LogP contribution in [0, 0.1) is 5.92 Å². The first-order chi connectivity index (χ1) is 17.0. The fourth-order valence-corrected chi connectivity index (χ4v) is 4.12. The lowest BCUT2D eigenvalue weighted by Gasteiger charge is -2.23. The summed E-state index contributed by atoms with van der Waals surface area (Å²) < 4.78 is 0. The molecule has 0 fully saturated rings. The van der Waals surface area contributed by atoms with Crippen LogP contribution in [0.15, 0.2) is 72.8 Å². The third-order valence-corrected chi connectivity index (χ3v) is 6.22. The zero-order valence-corrected chi connectivity index (χ0v) is 22.0. The molecule has 190 valence electrons. The number of nitrogens with one attached hydrogen (secondary N) is 2. The molecule has 3 rings (SSSR count). The zero-order chi connectivity index (χ0) is 26.3. The molecule has 0 saturated carbocycles. The molecule has 0 saturated heterocycles. The number of hydrogen-bond acceptors (Lipinski definition) is 3. The van der Waals surface area contributed by atoms with Gasteiger partial charge in [0.1, 0.15) is 0 Å². The monoisotopic (exact) mass is 486 g/mol. The van der Waals surface area contributed by atoms with E-state index in [1.165, 1.54) is 16.7 Å². The first-order valence-corrected chi connectivity index (χ1v) is 12.6. The predicted octanol–water partition coefficient (Wildman–Crippen LogP) is 7.05. The molecule has 3 N–H and O–H groups in total. The smallest absolute Gasteiger partial charge is 0.305 e. The highest BCUT2D eigenvalue weighted by Gasteiger charge is 2.16. The highest BCUT2D eigenvalue weighted by Crippen LogP contribution is 2.29. The Morgan fingerprint density at radius 3 is 1.89 bits per heavy atom. The van der Waals surface area contributed by atoms with Crippen molar-refractivity contribution in [2.24, 2.45) is 5.92 Å². The molecular formula is C31H38N2O3. The molecule has 5 heteroatoms. The van der Waals surface area contributed by atoms with Gasteiger partial charge in [0.15, 0.2) is 0 Å². The molecule has 0 aliphatic carbocycles. The van der Waals surface area contributed by atoms with Gasteiger partial charge in [-0.05, 0) is 64.3 Å². The Labute approximate surface area is 215 Å². The van der Waals surface area contributed by atoms with Gasteiger partial charge in [-0.2, -0.15) is 0 Å². The molecule has 0 aliphatic heterocycles. The number of carbonyl (C=O) groups is 2. The average molecular weight is 487 g/mol. The van der Waals surface area contributed by atoms with Gasteiger partial charge in [0.05, 0.1) is 12.5 Å². The summed E-state index contributed by atoms with van der Waals surface area (Å²) in [6, 6.07) is 24.9. The van der Waals surface area contributed by atoms with Gasteiger partial charge in [-0.25, -0.2) is 0 Å². The lowest BCUT2D eigenvalue weighted by molar-refractivity contribution is -0.136. The standard InChI is InChI=1S/C31H38N2O3/c1-21(2)20-28(24-6-8-25(9-7-24)30(36)32-19-18-29(34)35)33-27-16-12-23(13-17-27)22-10-14-26(15-11-22)31(3,4)5/h6-17,21,28,33H,18-20H2,1-5H3,(H,32,36)(H,34,35). The number of amides is 1. The Bertz CT molecular complexity index is 1140. The molecule has 1 amide bonds. The van der Waals surface area contributed by atoms with Gasteiger partial charge >= 0.3 is 5.97 Å². The van der Waals surface area contributed by atoms with E-state index in [1.54, 1.807) is 12.1 Å². The number of rotatable bonds is 10. The maximum Gasteiger partial charge on any atom is 0.305 e. The maximum atomic E-state index is 12.3. The van der Waals surface area contributed by atoms with E-state index in [1.807, 2.05) is 12.1 Å². The van der Waals surface area contributed by atoms with E-state index < -0.39 is 5.97 Å². The van der Waals surface area contributed by atoms with Crippen molar-refractivity contribution in [2.45, 2.75) is 58.9 Å². The Kier molecular flexibility index (Phi) is 8.92. The van der Waals surface area contributed by atoms with Crippen molar-refractivity contribution in [2.75, 3.05) is 11.9 Å². The fraction of sp³-hybridized carbons (Fsp3) is 0.355. The average Bonchev–Trinajstić information content (AvgIpc) is 2.83. The van der Waals surface area contributed by atoms with E-state index in [0.717, 1.165) is 17.7 Å². The van der Waals surface area contributed by atoms with Crippen LogP contribution in [-0.4, -0.2) is 23.5 Å². The maximum absolute atomic E-state index is 12.3. The quantitative estimate of drug-likeness (QED) is 0.287. The third-order valence-electron chi connectivity index (χ3n) is 6.22. The Balaban J connectivity index is 1.70. The number of carboxylic acids is 1. The summed E-state index contributed by atoms with van der Waals surface area (Å²) in [5, 5.41) is 15.0. The number of carbonyl (C=O) groups excluding carboxylic acids is 1. The molecule has 0 radical (unpaired) electrons. The van der Waals surface area contributed by atoms with Gasteiger partial charge in [0.25, 0.3) is 5.91 Å². The molecular weight excluding hydrogens is 448 g/mol. The summed E-state index contributed by atoms with van der Waals surface area (Å²) in [7, 11) is 0. The van der Waals surface area contributed by atoms with Crippen LogP contribution < -0.4 is 10.6 Å². The summed E-state index contributed by atoms with van der Waals surface area (Å²) in [4.78, 5) is 22.9. The lowest BCUT2D eigenvalue weighted by atomic mass is 9.86. The number of aliphatic carboxylic acids is 1. The predicted molar refractivity (Wildman–Crippen MR) is 147 cm³/mol. The normalized spacial score (nSPS) is 12.3. The molecule has 36 heavy (non-hydrogen) atoms. The summed E-state index contributed by atoms with van der Waals surface area (Å²) in [5.41, 5.74) is 6.52. The van der Waals surface area contributed by atoms with Crippen LogP contribution in [-0.2, 0) is 10.2 Å². The van der Waals surface area contributed by atoms with E-state index >= 15 is 0 Å². The minimum absolute atomic E-state index is 0.0920. The summed E-state index contributed by atoms with van der Waals surface area (Å²) >= 11 is 0. The molecule has 0 bridgehead atoms. The Hall–Kier alpha value is -3.60. The largest absolute Gasteiger partial charge is 0.481 e. The van der Waals surface area contributed by atoms with Crippen LogP contribution in [0.1, 0.15) is 75.0 Å². The van der Waals surface area contributed by atoms with Crippen molar-refractivity contribution >= 4 is 17.6 Å². The van der Waals surface area contributed by atoms with E-state index in [-0.39, 0.29) is 30.3 Å². The van der Waals surface area contributed by atoms with E-state index in [4.69, 9.17) is 5.11 Å². The van der Waals surface area contributed by atoms with Crippen LogP contribution in [0.25, 0.3) is 11.1 Å².